The summed E-state index contributed by atoms with van der Waals surface area (Å²) in [4.78, 5) is 0. The number of ether oxygens (including phenoxy) is 1. The van der Waals surface area contributed by atoms with Crippen molar-refractivity contribution in [1.82, 2.24) is 0 Å². The molecule has 112 valence electrons. The van der Waals surface area contributed by atoms with Crippen LogP contribution in [-0.4, -0.2) is 5.11 Å². The third kappa shape index (κ3) is 3.55. The highest BCUT2D eigenvalue weighted by Gasteiger charge is 2.34. The Bertz CT molecular complexity index is 608. The highest BCUT2D eigenvalue weighted by atomic mass is 19.4. The van der Waals surface area contributed by atoms with Gasteiger partial charge in [0.25, 0.3) is 0 Å². The predicted molar refractivity (Wildman–Crippen MR) is 73.2 cm³/mol. The van der Waals surface area contributed by atoms with Crippen LogP contribution in [0, 0.1) is 0 Å². The van der Waals surface area contributed by atoms with E-state index in [4.69, 9.17) is 4.74 Å². The summed E-state index contributed by atoms with van der Waals surface area (Å²) in [6.45, 7) is 1.78. The van der Waals surface area contributed by atoms with Crippen LogP contribution in [-0.2, 0) is 6.18 Å². The van der Waals surface area contributed by atoms with Gasteiger partial charge in [-0.2, -0.15) is 13.2 Å². The lowest BCUT2D eigenvalue weighted by Gasteiger charge is -2.17. The minimum Gasteiger partial charge on any atom is -0.456 e. The maximum absolute atomic E-state index is 12.9. The summed E-state index contributed by atoms with van der Waals surface area (Å²) < 4.78 is 44.3. The number of halogens is 3. The van der Waals surface area contributed by atoms with Gasteiger partial charge in [0.15, 0.2) is 0 Å². The Hall–Kier alpha value is -2.01. The normalized spacial score (nSPS) is 13.0. The van der Waals surface area contributed by atoms with Gasteiger partial charge in [-0.15, -0.1) is 0 Å². The van der Waals surface area contributed by atoms with Crippen molar-refractivity contribution >= 4 is 0 Å². The lowest BCUT2D eigenvalue weighted by molar-refractivity contribution is -0.138. The van der Waals surface area contributed by atoms with Gasteiger partial charge in [-0.05, 0) is 24.6 Å². The van der Waals surface area contributed by atoms with Crippen LogP contribution in [0.3, 0.4) is 0 Å². The van der Waals surface area contributed by atoms with Gasteiger partial charge < -0.3 is 9.84 Å². The first kappa shape index (κ1) is 15.4. The topological polar surface area (TPSA) is 29.5 Å². The van der Waals surface area contributed by atoms with Crippen molar-refractivity contribution in [3.05, 3.63) is 59.7 Å². The van der Waals surface area contributed by atoms with Crippen LogP contribution in [0.15, 0.2) is 48.5 Å². The van der Waals surface area contributed by atoms with E-state index >= 15 is 0 Å². The van der Waals surface area contributed by atoms with E-state index < -0.39 is 17.8 Å². The zero-order chi connectivity index (χ0) is 15.5. The average molecular weight is 296 g/mol. The van der Waals surface area contributed by atoms with Crippen LogP contribution in [0.2, 0.25) is 0 Å². The molecule has 0 saturated heterocycles. The Kier molecular flexibility index (Phi) is 4.53. The van der Waals surface area contributed by atoms with Gasteiger partial charge in [-0.1, -0.05) is 37.3 Å². The molecule has 2 nitrogen and oxygen atoms in total. The van der Waals surface area contributed by atoms with Crippen LogP contribution < -0.4 is 4.74 Å². The van der Waals surface area contributed by atoms with Crippen molar-refractivity contribution in [2.45, 2.75) is 25.6 Å². The molecular formula is C16H15F3O2. The predicted octanol–water partition coefficient (Wildman–Crippen LogP) is 4.94. The minimum atomic E-state index is -4.49. The number of hydrogen-bond donors (Lipinski definition) is 1. The van der Waals surface area contributed by atoms with E-state index in [-0.39, 0.29) is 11.5 Å². The van der Waals surface area contributed by atoms with Crippen molar-refractivity contribution in [3.8, 4) is 11.5 Å². The molecule has 5 heteroatoms. The van der Waals surface area contributed by atoms with Gasteiger partial charge in [0.05, 0.1) is 11.7 Å². The van der Waals surface area contributed by atoms with Crippen LogP contribution in [0.1, 0.15) is 30.6 Å². The van der Waals surface area contributed by atoms with E-state index in [1.807, 2.05) is 0 Å². The van der Waals surface area contributed by atoms with Crippen molar-refractivity contribution in [2.75, 3.05) is 0 Å². The van der Waals surface area contributed by atoms with Crippen molar-refractivity contribution in [1.29, 1.82) is 0 Å². The highest BCUT2D eigenvalue weighted by Crippen LogP contribution is 2.39. The van der Waals surface area contributed by atoms with Crippen LogP contribution in [0.5, 0.6) is 11.5 Å². The van der Waals surface area contributed by atoms with Gasteiger partial charge in [0.1, 0.15) is 11.5 Å². The highest BCUT2D eigenvalue weighted by molar-refractivity contribution is 5.43. The Morgan fingerprint density at radius 3 is 2.19 bits per heavy atom. The first-order valence-electron chi connectivity index (χ1n) is 6.54. The molecule has 0 aromatic heterocycles. The molecule has 0 saturated carbocycles. The molecule has 2 rings (SSSR count). The summed E-state index contributed by atoms with van der Waals surface area (Å²) in [5.74, 6) is -0.0516. The molecule has 0 bridgehead atoms. The number of para-hydroxylation sites is 2. The fraction of sp³-hybridized carbons (Fsp3) is 0.250. The first-order chi connectivity index (χ1) is 9.93. The third-order valence-corrected chi connectivity index (χ3v) is 3.08. The minimum absolute atomic E-state index is 0.226. The summed E-state index contributed by atoms with van der Waals surface area (Å²) in [7, 11) is 0. The lowest BCUT2D eigenvalue weighted by Crippen LogP contribution is -2.07. The Labute approximate surface area is 120 Å². The second-order valence-corrected chi connectivity index (χ2v) is 4.56. The smallest absolute Gasteiger partial charge is 0.419 e. The number of alkyl halides is 3. The fourth-order valence-corrected chi connectivity index (χ4v) is 1.98. The monoisotopic (exact) mass is 296 g/mol. The van der Waals surface area contributed by atoms with Gasteiger partial charge in [0, 0.05) is 5.56 Å². The standard InChI is InChI=1S/C16H15F3O2/c1-2-13(20)11-7-3-5-9-14(11)21-15-10-6-4-8-12(15)16(17,18)19/h3-10,13,20H,2H2,1H3. The quantitative estimate of drug-likeness (QED) is 0.865. The molecule has 1 N–H and O–H groups in total. The van der Waals surface area contributed by atoms with Crippen LogP contribution in [0.4, 0.5) is 13.2 Å². The molecule has 0 heterocycles. The van der Waals surface area contributed by atoms with E-state index in [9.17, 15) is 18.3 Å². The second kappa shape index (κ2) is 6.18. The second-order valence-electron chi connectivity index (χ2n) is 4.56. The molecule has 0 radical (unpaired) electrons. The Morgan fingerprint density at radius 2 is 1.57 bits per heavy atom. The van der Waals surface area contributed by atoms with Gasteiger partial charge in [-0.3, -0.25) is 0 Å². The summed E-state index contributed by atoms with van der Waals surface area (Å²) in [5.41, 5.74) is -0.372. The van der Waals surface area contributed by atoms with E-state index in [0.717, 1.165) is 6.07 Å². The summed E-state index contributed by atoms with van der Waals surface area (Å²) in [6.07, 6.45) is -4.82. The van der Waals surface area contributed by atoms with Crippen molar-refractivity contribution in [3.63, 3.8) is 0 Å². The first-order valence-corrected chi connectivity index (χ1v) is 6.54. The number of aliphatic hydroxyl groups is 1. The maximum Gasteiger partial charge on any atom is 0.419 e. The maximum atomic E-state index is 12.9. The van der Waals surface area contributed by atoms with Crippen LogP contribution in [0.25, 0.3) is 0 Å². The number of aliphatic hydroxyl groups excluding tert-OH is 1. The molecule has 0 spiro atoms. The Morgan fingerprint density at radius 1 is 1.00 bits per heavy atom. The summed E-state index contributed by atoms with van der Waals surface area (Å²) in [6, 6.07) is 11.5. The largest absolute Gasteiger partial charge is 0.456 e. The van der Waals surface area contributed by atoms with Gasteiger partial charge in [0.2, 0.25) is 0 Å². The molecule has 0 fully saturated rings. The van der Waals surface area contributed by atoms with E-state index in [2.05, 4.69) is 0 Å². The number of hydrogen-bond acceptors (Lipinski definition) is 2. The van der Waals surface area contributed by atoms with E-state index in [0.29, 0.717) is 12.0 Å². The SMILES string of the molecule is CCC(O)c1ccccc1Oc1ccccc1C(F)(F)F. The van der Waals surface area contributed by atoms with Crippen molar-refractivity contribution in [2.24, 2.45) is 0 Å². The molecule has 21 heavy (non-hydrogen) atoms. The molecule has 1 atom stereocenters. The molecule has 0 aliphatic rings. The molecule has 0 amide bonds. The van der Waals surface area contributed by atoms with Crippen molar-refractivity contribution < 1.29 is 23.0 Å². The summed E-state index contributed by atoms with van der Waals surface area (Å²) >= 11 is 0. The summed E-state index contributed by atoms with van der Waals surface area (Å²) in [5, 5.41) is 9.92. The zero-order valence-corrected chi connectivity index (χ0v) is 11.4. The van der Waals surface area contributed by atoms with E-state index in [1.54, 1.807) is 31.2 Å². The third-order valence-electron chi connectivity index (χ3n) is 3.08. The molecule has 0 aliphatic carbocycles. The number of benzene rings is 2. The fourth-order valence-electron chi connectivity index (χ4n) is 1.98. The molecular weight excluding hydrogens is 281 g/mol. The van der Waals surface area contributed by atoms with Gasteiger partial charge >= 0.3 is 6.18 Å². The van der Waals surface area contributed by atoms with Gasteiger partial charge in [-0.25, -0.2) is 0 Å². The Balaban J connectivity index is 2.40. The lowest BCUT2D eigenvalue weighted by atomic mass is 10.1. The molecule has 0 aliphatic heterocycles. The molecule has 2 aromatic carbocycles. The number of rotatable bonds is 4. The average Bonchev–Trinajstić information content (AvgIpc) is 2.46. The van der Waals surface area contributed by atoms with E-state index in [1.165, 1.54) is 18.2 Å². The molecule has 2 aromatic rings. The molecule has 1 unspecified atom stereocenters. The van der Waals surface area contributed by atoms with Crippen LogP contribution >= 0.6 is 0 Å². The zero-order valence-electron chi connectivity index (χ0n) is 11.4.